The van der Waals surface area contributed by atoms with E-state index in [-0.39, 0.29) is 43.8 Å². The van der Waals surface area contributed by atoms with Gasteiger partial charge in [0.2, 0.25) is 21.8 Å². The van der Waals surface area contributed by atoms with Crippen molar-refractivity contribution in [2.24, 2.45) is 0 Å². The third kappa shape index (κ3) is 8.11. The van der Waals surface area contributed by atoms with E-state index >= 15 is 0 Å². The summed E-state index contributed by atoms with van der Waals surface area (Å²) < 4.78 is 26.1. The van der Waals surface area contributed by atoms with Gasteiger partial charge in [-0.25, -0.2) is 8.42 Å². The normalized spacial score (nSPS) is 14.9. The van der Waals surface area contributed by atoms with Crippen LogP contribution in [0, 0.1) is 0 Å². The minimum absolute atomic E-state index is 0.0776. The Morgan fingerprint density at radius 1 is 1.06 bits per heavy atom. The van der Waals surface area contributed by atoms with E-state index in [4.69, 9.17) is 23.2 Å². The van der Waals surface area contributed by atoms with Crippen molar-refractivity contribution in [2.75, 3.05) is 17.1 Å². The lowest BCUT2D eigenvalue weighted by Gasteiger charge is -2.30. The highest BCUT2D eigenvalue weighted by Gasteiger charge is 2.28. The molecule has 2 aromatic rings. The van der Waals surface area contributed by atoms with Gasteiger partial charge in [0.05, 0.1) is 11.9 Å². The summed E-state index contributed by atoms with van der Waals surface area (Å²) in [4.78, 5) is 27.9. The average Bonchev–Trinajstić information content (AvgIpc) is 3.32. The highest BCUT2D eigenvalue weighted by molar-refractivity contribution is 7.92. The molecule has 0 aliphatic heterocycles. The Balaban J connectivity index is 1.72. The van der Waals surface area contributed by atoms with Gasteiger partial charge in [0, 0.05) is 35.6 Å². The van der Waals surface area contributed by atoms with E-state index in [1.165, 1.54) is 4.31 Å². The summed E-state index contributed by atoms with van der Waals surface area (Å²) in [5.41, 5.74) is 1.26. The van der Waals surface area contributed by atoms with Crippen LogP contribution < -0.4 is 9.62 Å². The molecule has 1 aliphatic carbocycles. The molecule has 1 fully saturated rings. The number of sulfonamides is 1. The molecule has 0 unspecified atom stereocenters. The van der Waals surface area contributed by atoms with Gasteiger partial charge < -0.3 is 10.2 Å². The second-order valence-corrected chi connectivity index (χ2v) is 12.0. The standard InChI is InChI=1S/C26H33Cl2N3O4S/c1-19(26(33)29-23-11-3-4-12-23)30(18-20-8-5-9-21(27)16-20)25(32)14-7-15-31(36(2,34)35)24-13-6-10-22(28)17-24/h5-6,8-10,13,16-17,19,23H,3-4,7,11-12,14-15,18H2,1-2H3,(H,29,33)/t19-/m1/s1. The van der Waals surface area contributed by atoms with Crippen LogP contribution in [0.1, 0.15) is 51.0 Å². The van der Waals surface area contributed by atoms with Crippen molar-refractivity contribution < 1.29 is 18.0 Å². The van der Waals surface area contributed by atoms with Gasteiger partial charge in [-0.05, 0) is 62.1 Å². The van der Waals surface area contributed by atoms with Crippen LogP contribution in [0.15, 0.2) is 48.5 Å². The van der Waals surface area contributed by atoms with E-state index in [9.17, 15) is 18.0 Å². The Bertz CT molecular complexity index is 1170. The van der Waals surface area contributed by atoms with Crippen LogP contribution in [0.25, 0.3) is 0 Å². The molecule has 1 N–H and O–H groups in total. The zero-order valence-corrected chi connectivity index (χ0v) is 23.0. The summed E-state index contributed by atoms with van der Waals surface area (Å²) in [5.74, 6) is -0.419. The molecule has 1 saturated carbocycles. The molecule has 2 aromatic carbocycles. The lowest BCUT2D eigenvalue weighted by atomic mass is 10.1. The van der Waals surface area contributed by atoms with Gasteiger partial charge in [0.15, 0.2) is 0 Å². The third-order valence-electron chi connectivity index (χ3n) is 6.36. The number of amides is 2. The quantitative estimate of drug-likeness (QED) is 0.423. The lowest BCUT2D eigenvalue weighted by Crippen LogP contribution is -2.49. The molecule has 0 bridgehead atoms. The van der Waals surface area contributed by atoms with E-state index in [2.05, 4.69) is 5.32 Å². The van der Waals surface area contributed by atoms with Gasteiger partial charge in [-0.2, -0.15) is 0 Å². The fourth-order valence-corrected chi connectivity index (χ4v) is 5.80. The number of nitrogens with zero attached hydrogens (tertiary/aromatic N) is 2. The van der Waals surface area contributed by atoms with Gasteiger partial charge in [0.25, 0.3) is 0 Å². The van der Waals surface area contributed by atoms with E-state index in [0.29, 0.717) is 15.7 Å². The second kappa shape index (κ2) is 12.8. The molecule has 3 rings (SSSR count). The van der Waals surface area contributed by atoms with Crippen molar-refractivity contribution in [3.63, 3.8) is 0 Å². The van der Waals surface area contributed by atoms with Crippen LogP contribution in [0.4, 0.5) is 5.69 Å². The molecule has 2 amide bonds. The summed E-state index contributed by atoms with van der Waals surface area (Å²) in [6, 6.07) is 13.2. The molecule has 36 heavy (non-hydrogen) atoms. The summed E-state index contributed by atoms with van der Waals surface area (Å²) >= 11 is 12.2. The zero-order valence-electron chi connectivity index (χ0n) is 20.6. The predicted molar refractivity (Wildman–Crippen MR) is 145 cm³/mol. The van der Waals surface area contributed by atoms with Crippen molar-refractivity contribution in [1.82, 2.24) is 10.2 Å². The molecule has 10 heteroatoms. The molecular formula is C26H33Cl2N3O4S. The average molecular weight is 555 g/mol. The van der Waals surface area contributed by atoms with Crippen LogP contribution in [-0.2, 0) is 26.2 Å². The Hall–Kier alpha value is -2.29. The molecule has 1 atom stereocenters. The van der Waals surface area contributed by atoms with Crippen LogP contribution in [-0.4, -0.2) is 50.0 Å². The Labute approximate surface area is 223 Å². The maximum Gasteiger partial charge on any atom is 0.242 e. The first-order valence-electron chi connectivity index (χ1n) is 12.1. The van der Waals surface area contributed by atoms with E-state index in [0.717, 1.165) is 37.5 Å². The first-order valence-corrected chi connectivity index (χ1v) is 14.7. The number of anilines is 1. The summed E-state index contributed by atoms with van der Waals surface area (Å²) in [5, 5.41) is 4.05. The largest absolute Gasteiger partial charge is 0.352 e. The number of rotatable bonds is 11. The van der Waals surface area contributed by atoms with Crippen LogP contribution >= 0.6 is 23.2 Å². The maximum absolute atomic E-state index is 13.4. The van der Waals surface area contributed by atoms with Crippen LogP contribution in [0.2, 0.25) is 10.0 Å². The fourth-order valence-electron chi connectivity index (χ4n) is 4.44. The van der Waals surface area contributed by atoms with E-state index in [1.54, 1.807) is 54.3 Å². The molecule has 0 aromatic heterocycles. The summed E-state index contributed by atoms with van der Waals surface area (Å²) in [6.45, 7) is 2.06. The van der Waals surface area contributed by atoms with Crippen molar-refractivity contribution in [3.05, 3.63) is 64.1 Å². The molecule has 7 nitrogen and oxygen atoms in total. The SMILES string of the molecule is C[C@H](C(=O)NC1CCCC1)N(Cc1cccc(Cl)c1)C(=O)CCCN(c1cccc(Cl)c1)S(C)(=O)=O. The minimum Gasteiger partial charge on any atom is -0.352 e. The van der Waals surface area contributed by atoms with Gasteiger partial charge >= 0.3 is 0 Å². The maximum atomic E-state index is 13.4. The first kappa shape index (κ1) is 28.3. The molecule has 0 saturated heterocycles. The fraction of sp³-hybridized carbons (Fsp3) is 0.462. The molecular weight excluding hydrogens is 521 g/mol. The van der Waals surface area contributed by atoms with E-state index in [1.807, 2.05) is 6.07 Å². The Kier molecular flexibility index (Phi) is 10.0. The highest BCUT2D eigenvalue weighted by atomic mass is 35.5. The topological polar surface area (TPSA) is 86.8 Å². The number of nitrogens with one attached hydrogen (secondary N) is 1. The molecule has 1 aliphatic rings. The smallest absolute Gasteiger partial charge is 0.242 e. The first-order chi connectivity index (χ1) is 17.0. The third-order valence-corrected chi connectivity index (χ3v) is 8.02. The Morgan fingerprint density at radius 3 is 2.31 bits per heavy atom. The molecule has 0 heterocycles. The van der Waals surface area contributed by atoms with Crippen LogP contribution in [0.3, 0.4) is 0 Å². The molecule has 0 radical (unpaired) electrons. The number of carbonyl (C=O) groups is 2. The number of hydrogen-bond acceptors (Lipinski definition) is 4. The van der Waals surface area contributed by atoms with Crippen molar-refractivity contribution in [3.8, 4) is 0 Å². The Morgan fingerprint density at radius 2 is 1.69 bits per heavy atom. The highest BCUT2D eigenvalue weighted by Crippen LogP contribution is 2.23. The minimum atomic E-state index is -3.58. The van der Waals surface area contributed by atoms with Crippen molar-refractivity contribution >= 4 is 50.7 Å². The zero-order chi connectivity index (χ0) is 26.3. The van der Waals surface area contributed by atoms with Crippen LogP contribution in [0.5, 0.6) is 0 Å². The van der Waals surface area contributed by atoms with Crippen molar-refractivity contribution in [2.45, 2.75) is 64.1 Å². The van der Waals surface area contributed by atoms with Gasteiger partial charge in [-0.15, -0.1) is 0 Å². The number of halogens is 2. The van der Waals surface area contributed by atoms with E-state index < -0.39 is 16.1 Å². The predicted octanol–water partition coefficient (Wildman–Crippen LogP) is 5.02. The molecule has 0 spiro atoms. The number of carbonyl (C=O) groups excluding carboxylic acids is 2. The monoisotopic (exact) mass is 553 g/mol. The molecule has 196 valence electrons. The van der Waals surface area contributed by atoms with Gasteiger partial charge in [-0.1, -0.05) is 54.2 Å². The van der Waals surface area contributed by atoms with Crippen molar-refractivity contribution in [1.29, 1.82) is 0 Å². The lowest BCUT2D eigenvalue weighted by molar-refractivity contribution is -0.141. The summed E-state index contributed by atoms with van der Waals surface area (Å²) in [7, 11) is -3.58. The number of hydrogen-bond donors (Lipinski definition) is 1. The summed E-state index contributed by atoms with van der Waals surface area (Å²) in [6.07, 6.45) is 5.56. The number of benzene rings is 2. The van der Waals surface area contributed by atoms with Gasteiger partial charge in [0.1, 0.15) is 6.04 Å². The van der Waals surface area contributed by atoms with Gasteiger partial charge in [-0.3, -0.25) is 13.9 Å². The second-order valence-electron chi connectivity index (χ2n) is 9.24.